The quantitative estimate of drug-likeness (QED) is 0.540. The second kappa shape index (κ2) is 12.1. The van der Waals surface area contributed by atoms with Crippen molar-refractivity contribution in [2.24, 2.45) is 5.41 Å². The van der Waals surface area contributed by atoms with E-state index in [0.717, 1.165) is 36.9 Å². The summed E-state index contributed by atoms with van der Waals surface area (Å²) in [6, 6.07) is 15.9. The predicted octanol–water partition coefficient (Wildman–Crippen LogP) is 5.21. The molecule has 1 fully saturated rings. The molecule has 0 aliphatic carbocycles. The molecule has 2 heterocycles. The number of nitrogens with one attached hydrogen (secondary N) is 1. The van der Waals surface area contributed by atoms with Gasteiger partial charge < -0.3 is 19.7 Å². The number of carbonyl (C=O) groups is 2. The van der Waals surface area contributed by atoms with Gasteiger partial charge in [0.25, 0.3) is 0 Å². The molecule has 1 N–H and O–H groups in total. The highest BCUT2D eigenvalue weighted by Crippen LogP contribution is 2.29. The molecule has 3 atom stereocenters. The van der Waals surface area contributed by atoms with Crippen molar-refractivity contribution in [1.82, 2.24) is 10.2 Å². The molecule has 0 aromatic heterocycles. The Morgan fingerprint density at radius 1 is 1.08 bits per heavy atom. The Hall–Kier alpha value is -2.96. The van der Waals surface area contributed by atoms with Gasteiger partial charge >= 0.3 is 5.97 Å². The summed E-state index contributed by atoms with van der Waals surface area (Å²) in [6.07, 6.45) is 7.56. The molecule has 4 rings (SSSR count). The van der Waals surface area contributed by atoms with E-state index in [2.05, 4.69) is 80.7 Å². The van der Waals surface area contributed by atoms with Gasteiger partial charge in [0.05, 0.1) is 25.9 Å². The monoisotopic (exact) mass is 504 g/mol. The largest absolute Gasteiger partial charge is 0.467 e. The molecule has 6 heteroatoms. The maximum Gasteiger partial charge on any atom is 0.328 e. The summed E-state index contributed by atoms with van der Waals surface area (Å²) < 4.78 is 11.3. The normalized spacial score (nSPS) is 24.4. The van der Waals surface area contributed by atoms with Crippen molar-refractivity contribution in [3.8, 4) is 11.1 Å². The number of hydrogen-bond donors (Lipinski definition) is 1. The number of methoxy groups -OCH3 is 1. The van der Waals surface area contributed by atoms with E-state index in [1.807, 2.05) is 6.07 Å². The van der Waals surface area contributed by atoms with Crippen LogP contribution in [-0.4, -0.2) is 55.2 Å². The minimum Gasteiger partial charge on any atom is -0.467 e. The lowest BCUT2D eigenvalue weighted by Crippen LogP contribution is -2.55. The molecule has 1 saturated heterocycles. The maximum atomic E-state index is 13.8. The Morgan fingerprint density at radius 3 is 2.59 bits per heavy atom. The topological polar surface area (TPSA) is 67.9 Å². The molecule has 0 radical (unpaired) electrons. The lowest BCUT2D eigenvalue weighted by molar-refractivity contribution is -0.152. The number of nitrogens with zero attached hydrogens (tertiary/aromatic N) is 1. The molecule has 37 heavy (non-hydrogen) atoms. The van der Waals surface area contributed by atoms with E-state index in [4.69, 9.17) is 9.47 Å². The average Bonchev–Trinajstić information content (AvgIpc) is 3.32. The second-order valence-corrected chi connectivity index (χ2v) is 11.2. The van der Waals surface area contributed by atoms with Crippen LogP contribution < -0.4 is 5.32 Å². The van der Waals surface area contributed by atoms with Crippen LogP contribution in [0.15, 0.2) is 54.6 Å². The summed E-state index contributed by atoms with van der Waals surface area (Å²) >= 11 is 0. The number of rotatable bonds is 1. The summed E-state index contributed by atoms with van der Waals surface area (Å²) in [5.74, 6) is -0.456. The highest BCUT2D eigenvalue weighted by Gasteiger charge is 2.45. The van der Waals surface area contributed by atoms with Gasteiger partial charge in [0.15, 0.2) is 0 Å². The van der Waals surface area contributed by atoms with Gasteiger partial charge in [-0.25, -0.2) is 4.79 Å². The van der Waals surface area contributed by atoms with Crippen molar-refractivity contribution in [1.29, 1.82) is 0 Å². The molecule has 2 aromatic rings. The number of hydrogen-bond acceptors (Lipinski definition) is 5. The zero-order chi connectivity index (χ0) is 26.4. The molecule has 2 aliphatic heterocycles. The van der Waals surface area contributed by atoms with Crippen molar-refractivity contribution in [2.45, 2.75) is 71.2 Å². The molecular formula is C31H40N2O4. The van der Waals surface area contributed by atoms with Crippen LogP contribution in [0.1, 0.15) is 57.6 Å². The lowest BCUT2D eigenvalue weighted by atomic mass is 9.85. The van der Waals surface area contributed by atoms with Gasteiger partial charge in [-0.2, -0.15) is 0 Å². The maximum absolute atomic E-state index is 13.8. The number of fused-ring (bicyclic) bond motifs is 7. The third-order valence-electron chi connectivity index (χ3n) is 7.22. The summed E-state index contributed by atoms with van der Waals surface area (Å²) in [6.45, 7) is 7.70. The summed E-state index contributed by atoms with van der Waals surface area (Å²) in [5, 5.41) is 3.49. The summed E-state index contributed by atoms with van der Waals surface area (Å²) in [4.78, 5) is 28.1. The first-order valence-electron chi connectivity index (χ1n) is 13.4. The minimum atomic E-state index is -0.637. The van der Waals surface area contributed by atoms with Crippen LogP contribution in [-0.2, 0) is 25.7 Å². The van der Waals surface area contributed by atoms with E-state index >= 15 is 0 Å². The fourth-order valence-corrected chi connectivity index (χ4v) is 5.18. The SMILES string of the molecule is COC(=O)[C@@H]1C[C@@H]2CN1C(=O)[C@H](C(C)(C)C)NCCCC/C=C\c1cccc(c1)-c1cccc(c1)CO2. The zero-order valence-electron chi connectivity index (χ0n) is 22.5. The van der Waals surface area contributed by atoms with Crippen LogP contribution in [0.4, 0.5) is 0 Å². The fraction of sp³-hybridized carbons (Fsp3) is 0.484. The summed E-state index contributed by atoms with van der Waals surface area (Å²) in [7, 11) is 1.38. The number of carbonyl (C=O) groups excluding carboxylic acids is 2. The van der Waals surface area contributed by atoms with E-state index in [1.165, 1.54) is 18.2 Å². The third kappa shape index (κ3) is 6.88. The van der Waals surface area contributed by atoms with Crippen LogP contribution in [0.25, 0.3) is 17.2 Å². The van der Waals surface area contributed by atoms with Crippen molar-refractivity contribution < 1.29 is 19.1 Å². The van der Waals surface area contributed by atoms with E-state index in [1.54, 1.807) is 4.90 Å². The molecule has 0 unspecified atom stereocenters. The number of amides is 1. The van der Waals surface area contributed by atoms with Crippen LogP contribution in [0.5, 0.6) is 0 Å². The summed E-state index contributed by atoms with van der Waals surface area (Å²) in [5.41, 5.74) is 4.24. The fourth-order valence-electron chi connectivity index (χ4n) is 5.18. The number of esters is 1. The van der Waals surface area contributed by atoms with E-state index in [-0.39, 0.29) is 23.4 Å². The van der Waals surface area contributed by atoms with Crippen molar-refractivity contribution >= 4 is 18.0 Å². The molecule has 2 aromatic carbocycles. The minimum absolute atomic E-state index is 0.0659. The molecule has 0 saturated carbocycles. The van der Waals surface area contributed by atoms with Crippen LogP contribution >= 0.6 is 0 Å². The highest BCUT2D eigenvalue weighted by molar-refractivity contribution is 5.89. The smallest absolute Gasteiger partial charge is 0.328 e. The first kappa shape index (κ1) is 27.1. The molecular weight excluding hydrogens is 464 g/mol. The Kier molecular flexibility index (Phi) is 8.83. The Morgan fingerprint density at radius 2 is 1.84 bits per heavy atom. The van der Waals surface area contributed by atoms with Crippen LogP contribution in [0, 0.1) is 5.41 Å². The second-order valence-electron chi connectivity index (χ2n) is 11.2. The average molecular weight is 505 g/mol. The molecule has 0 spiro atoms. The van der Waals surface area contributed by atoms with E-state index in [9.17, 15) is 9.59 Å². The predicted molar refractivity (Wildman–Crippen MR) is 147 cm³/mol. The first-order chi connectivity index (χ1) is 17.8. The van der Waals surface area contributed by atoms with Gasteiger partial charge in [-0.1, -0.05) is 69.3 Å². The lowest BCUT2D eigenvalue weighted by Gasteiger charge is -2.35. The molecule has 6 nitrogen and oxygen atoms in total. The van der Waals surface area contributed by atoms with E-state index in [0.29, 0.717) is 19.6 Å². The first-order valence-corrected chi connectivity index (χ1v) is 13.4. The number of allylic oxidation sites excluding steroid dienone is 1. The van der Waals surface area contributed by atoms with Crippen LogP contribution in [0.3, 0.4) is 0 Å². The highest BCUT2D eigenvalue weighted by atomic mass is 16.5. The van der Waals surface area contributed by atoms with Gasteiger partial charge in [-0.05, 0) is 65.6 Å². The van der Waals surface area contributed by atoms with Gasteiger partial charge in [0.1, 0.15) is 6.04 Å². The standard InChI is InChI=1S/C31H40N2O4/c1-31(2,3)28-29(34)33-20-26(19-27(33)30(35)36-4)37-21-23-13-10-15-25(18-23)24-14-9-12-22(17-24)11-7-5-6-8-16-32-28/h7,9-15,17-18,26-28,32H,5-6,8,16,19-21H2,1-4H3/b11-7-/t26-,27+,28-/m1/s1. The van der Waals surface area contributed by atoms with Crippen molar-refractivity contribution in [3.63, 3.8) is 0 Å². The Labute approximate surface area is 221 Å². The Balaban J connectivity index is 1.62. The molecule has 1 amide bonds. The molecule has 6 bridgehead atoms. The number of ether oxygens (including phenoxy) is 2. The molecule has 198 valence electrons. The molecule has 2 aliphatic rings. The third-order valence-corrected chi connectivity index (χ3v) is 7.22. The van der Waals surface area contributed by atoms with Gasteiger partial charge in [0, 0.05) is 13.0 Å². The zero-order valence-corrected chi connectivity index (χ0v) is 22.5. The van der Waals surface area contributed by atoms with Gasteiger partial charge in [0.2, 0.25) is 5.91 Å². The van der Waals surface area contributed by atoms with E-state index < -0.39 is 12.1 Å². The van der Waals surface area contributed by atoms with Gasteiger partial charge in [-0.3, -0.25) is 4.79 Å². The van der Waals surface area contributed by atoms with Crippen LogP contribution in [0.2, 0.25) is 0 Å². The van der Waals surface area contributed by atoms with Crippen molar-refractivity contribution in [2.75, 3.05) is 20.2 Å². The van der Waals surface area contributed by atoms with Crippen molar-refractivity contribution in [3.05, 3.63) is 65.7 Å². The number of benzene rings is 2. The van der Waals surface area contributed by atoms with Gasteiger partial charge in [-0.15, -0.1) is 0 Å². The Bertz CT molecular complexity index is 1120.